The molecule has 4 heteroatoms. The first-order chi connectivity index (χ1) is 9.56. The molecule has 4 nitrogen and oxygen atoms in total. The molecule has 2 aromatic rings. The molecule has 1 heterocycles. The van der Waals surface area contributed by atoms with E-state index in [0.29, 0.717) is 12.6 Å². The van der Waals surface area contributed by atoms with Crippen LogP contribution in [0.25, 0.3) is 0 Å². The SMILES string of the molecule is Cc1ccc(C(N)Cn2ccn(C3CC3)c2=O)cc1C. The van der Waals surface area contributed by atoms with Crippen molar-refractivity contribution in [3.8, 4) is 0 Å². The lowest BCUT2D eigenvalue weighted by molar-refractivity contribution is 0.545. The fourth-order valence-corrected chi connectivity index (χ4v) is 2.51. The maximum absolute atomic E-state index is 12.2. The Hall–Kier alpha value is -1.81. The summed E-state index contributed by atoms with van der Waals surface area (Å²) in [4.78, 5) is 12.2. The number of benzene rings is 1. The molecule has 1 saturated carbocycles. The second-order valence-corrected chi connectivity index (χ2v) is 5.82. The van der Waals surface area contributed by atoms with E-state index in [0.717, 1.165) is 18.4 Å². The Morgan fingerprint density at radius 3 is 2.65 bits per heavy atom. The maximum atomic E-state index is 12.2. The van der Waals surface area contributed by atoms with Gasteiger partial charge in [0.1, 0.15) is 0 Å². The maximum Gasteiger partial charge on any atom is 0.328 e. The summed E-state index contributed by atoms with van der Waals surface area (Å²) in [5.74, 6) is 0. The van der Waals surface area contributed by atoms with Crippen LogP contribution >= 0.6 is 0 Å². The first-order valence-electron chi connectivity index (χ1n) is 7.16. The molecule has 0 radical (unpaired) electrons. The molecule has 1 unspecified atom stereocenters. The van der Waals surface area contributed by atoms with E-state index >= 15 is 0 Å². The Labute approximate surface area is 118 Å². The van der Waals surface area contributed by atoms with Crippen LogP contribution in [-0.2, 0) is 6.54 Å². The normalized spacial score (nSPS) is 16.4. The van der Waals surface area contributed by atoms with Crippen LogP contribution in [0.3, 0.4) is 0 Å². The van der Waals surface area contributed by atoms with Crippen molar-refractivity contribution in [1.82, 2.24) is 9.13 Å². The van der Waals surface area contributed by atoms with Gasteiger partial charge in [0, 0.05) is 31.0 Å². The van der Waals surface area contributed by atoms with Gasteiger partial charge in [-0.25, -0.2) is 4.79 Å². The summed E-state index contributed by atoms with van der Waals surface area (Å²) < 4.78 is 3.55. The molecule has 0 saturated heterocycles. The van der Waals surface area contributed by atoms with E-state index in [2.05, 4.69) is 32.0 Å². The Kier molecular flexibility index (Phi) is 3.26. The lowest BCUT2D eigenvalue weighted by Crippen LogP contribution is -2.28. The minimum Gasteiger partial charge on any atom is -0.322 e. The van der Waals surface area contributed by atoms with Crippen molar-refractivity contribution in [2.75, 3.05) is 0 Å². The fourth-order valence-electron chi connectivity index (χ4n) is 2.51. The summed E-state index contributed by atoms with van der Waals surface area (Å²) in [5, 5.41) is 0. The van der Waals surface area contributed by atoms with Gasteiger partial charge in [0.05, 0.1) is 0 Å². The van der Waals surface area contributed by atoms with Gasteiger partial charge in [-0.1, -0.05) is 18.2 Å². The van der Waals surface area contributed by atoms with Gasteiger partial charge in [-0.3, -0.25) is 9.13 Å². The standard InChI is InChI=1S/C16H21N3O/c1-11-3-4-13(9-12(11)2)15(17)10-18-7-8-19(16(18)20)14-5-6-14/h3-4,7-9,14-15H,5-6,10,17H2,1-2H3. The van der Waals surface area contributed by atoms with Gasteiger partial charge < -0.3 is 5.73 Å². The van der Waals surface area contributed by atoms with Gasteiger partial charge in [-0.05, 0) is 43.4 Å². The van der Waals surface area contributed by atoms with Crippen molar-refractivity contribution in [3.63, 3.8) is 0 Å². The molecular formula is C16H21N3O. The third-order valence-electron chi connectivity index (χ3n) is 4.17. The molecular weight excluding hydrogens is 250 g/mol. The summed E-state index contributed by atoms with van der Waals surface area (Å²) in [6, 6.07) is 6.52. The third kappa shape index (κ3) is 2.43. The summed E-state index contributed by atoms with van der Waals surface area (Å²) in [7, 11) is 0. The summed E-state index contributed by atoms with van der Waals surface area (Å²) in [6.45, 7) is 4.70. The average Bonchev–Trinajstić information content (AvgIpc) is 3.19. The van der Waals surface area contributed by atoms with E-state index in [4.69, 9.17) is 5.73 Å². The van der Waals surface area contributed by atoms with Crippen molar-refractivity contribution in [1.29, 1.82) is 0 Å². The van der Waals surface area contributed by atoms with Crippen LogP contribution in [0.15, 0.2) is 35.4 Å². The van der Waals surface area contributed by atoms with E-state index < -0.39 is 0 Å². The quantitative estimate of drug-likeness (QED) is 0.927. The van der Waals surface area contributed by atoms with Gasteiger partial charge in [-0.2, -0.15) is 0 Å². The van der Waals surface area contributed by atoms with E-state index in [-0.39, 0.29) is 11.7 Å². The Balaban J connectivity index is 1.79. The molecule has 0 amide bonds. The first kappa shape index (κ1) is 13.2. The van der Waals surface area contributed by atoms with Crippen LogP contribution in [0.1, 0.15) is 41.6 Å². The lowest BCUT2D eigenvalue weighted by atomic mass is 10.0. The predicted molar refractivity (Wildman–Crippen MR) is 79.8 cm³/mol. The monoisotopic (exact) mass is 271 g/mol. The molecule has 0 aliphatic heterocycles. The van der Waals surface area contributed by atoms with Crippen LogP contribution in [0, 0.1) is 13.8 Å². The largest absolute Gasteiger partial charge is 0.328 e. The average molecular weight is 271 g/mol. The number of nitrogens with two attached hydrogens (primary N) is 1. The Morgan fingerprint density at radius 2 is 2.00 bits per heavy atom. The van der Waals surface area contributed by atoms with Gasteiger partial charge in [0.2, 0.25) is 0 Å². The second-order valence-electron chi connectivity index (χ2n) is 5.82. The number of hydrogen-bond donors (Lipinski definition) is 1. The van der Waals surface area contributed by atoms with Crippen LogP contribution < -0.4 is 11.4 Å². The smallest absolute Gasteiger partial charge is 0.322 e. The highest BCUT2D eigenvalue weighted by atomic mass is 16.1. The molecule has 2 N–H and O–H groups in total. The van der Waals surface area contributed by atoms with Crippen molar-refractivity contribution in [2.45, 2.75) is 45.3 Å². The summed E-state index contributed by atoms with van der Waals surface area (Å²) >= 11 is 0. The summed E-state index contributed by atoms with van der Waals surface area (Å²) in [5.41, 5.74) is 9.89. The molecule has 106 valence electrons. The molecule has 1 aromatic heterocycles. The molecule has 1 aliphatic rings. The van der Waals surface area contributed by atoms with Crippen molar-refractivity contribution in [2.24, 2.45) is 5.73 Å². The summed E-state index contributed by atoms with van der Waals surface area (Å²) in [6.07, 6.45) is 5.97. The Morgan fingerprint density at radius 1 is 1.25 bits per heavy atom. The van der Waals surface area contributed by atoms with Crippen molar-refractivity contribution >= 4 is 0 Å². The van der Waals surface area contributed by atoms with Crippen LogP contribution in [0.5, 0.6) is 0 Å². The van der Waals surface area contributed by atoms with Gasteiger partial charge in [-0.15, -0.1) is 0 Å². The highest BCUT2D eigenvalue weighted by Crippen LogP contribution is 2.33. The van der Waals surface area contributed by atoms with Crippen molar-refractivity contribution < 1.29 is 0 Å². The molecule has 1 aromatic carbocycles. The molecule has 0 spiro atoms. The molecule has 3 rings (SSSR count). The highest BCUT2D eigenvalue weighted by molar-refractivity contribution is 5.31. The minimum atomic E-state index is -0.151. The predicted octanol–water partition coefficient (Wildman–Crippen LogP) is 2.30. The zero-order valence-electron chi connectivity index (χ0n) is 12.0. The topological polar surface area (TPSA) is 52.9 Å². The third-order valence-corrected chi connectivity index (χ3v) is 4.17. The first-order valence-corrected chi connectivity index (χ1v) is 7.16. The number of imidazole rings is 1. The second kappa shape index (κ2) is 4.94. The van der Waals surface area contributed by atoms with Gasteiger partial charge in [0.15, 0.2) is 0 Å². The van der Waals surface area contributed by atoms with Gasteiger partial charge >= 0.3 is 5.69 Å². The number of aromatic nitrogens is 2. The molecule has 20 heavy (non-hydrogen) atoms. The highest BCUT2D eigenvalue weighted by Gasteiger charge is 2.25. The van der Waals surface area contributed by atoms with Crippen molar-refractivity contribution in [3.05, 3.63) is 57.8 Å². The molecule has 1 aliphatic carbocycles. The van der Waals surface area contributed by atoms with E-state index in [1.807, 2.05) is 17.0 Å². The van der Waals surface area contributed by atoms with Gasteiger partial charge in [0.25, 0.3) is 0 Å². The molecule has 1 fully saturated rings. The zero-order valence-corrected chi connectivity index (χ0v) is 12.0. The van der Waals surface area contributed by atoms with Crippen LogP contribution in [-0.4, -0.2) is 9.13 Å². The number of hydrogen-bond acceptors (Lipinski definition) is 2. The van der Waals surface area contributed by atoms with E-state index in [1.165, 1.54) is 11.1 Å². The lowest BCUT2D eigenvalue weighted by Gasteiger charge is -2.14. The number of aryl methyl sites for hydroxylation is 2. The number of nitrogens with zero attached hydrogens (tertiary/aromatic N) is 2. The zero-order chi connectivity index (χ0) is 14.3. The number of rotatable bonds is 4. The minimum absolute atomic E-state index is 0.0618. The van der Waals surface area contributed by atoms with Crippen LogP contribution in [0.2, 0.25) is 0 Å². The molecule has 0 bridgehead atoms. The Bertz CT molecular complexity index is 679. The molecule has 1 atom stereocenters. The van der Waals surface area contributed by atoms with E-state index in [9.17, 15) is 4.79 Å². The fraction of sp³-hybridized carbons (Fsp3) is 0.438. The van der Waals surface area contributed by atoms with E-state index in [1.54, 1.807) is 4.57 Å². The van der Waals surface area contributed by atoms with Crippen LogP contribution in [0.4, 0.5) is 0 Å².